The molecule has 1 amide bonds. The van der Waals surface area contributed by atoms with Gasteiger partial charge >= 0.3 is 5.97 Å². The molecule has 0 spiro atoms. The van der Waals surface area contributed by atoms with Gasteiger partial charge in [-0.25, -0.2) is 0 Å². The van der Waals surface area contributed by atoms with E-state index in [0.717, 1.165) is 11.1 Å². The zero-order chi connectivity index (χ0) is 19.7. The molecule has 2 fully saturated rings. The number of carbonyl (C=O) groups excluding carboxylic acids is 2. The minimum absolute atomic E-state index is 0.193. The predicted molar refractivity (Wildman–Crippen MR) is 103 cm³/mol. The molecule has 2 N–H and O–H groups in total. The first-order valence-electron chi connectivity index (χ1n) is 9.55. The zero-order valence-corrected chi connectivity index (χ0v) is 15.8. The van der Waals surface area contributed by atoms with Gasteiger partial charge in [-0.15, -0.1) is 0 Å². The van der Waals surface area contributed by atoms with Gasteiger partial charge < -0.3 is 20.1 Å². The van der Waals surface area contributed by atoms with E-state index in [2.05, 4.69) is 0 Å². The summed E-state index contributed by atoms with van der Waals surface area (Å²) in [4.78, 5) is 28.4. The summed E-state index contributed by atoms with van der Waals surface area (Å²) in [5.74, 6) is -0.878. The third-order valence-corrected chi connectivity index (χ3v) is 5.68. The van der Waals surface area contributed by atoms with Gasteiger partial charge in [-0.3, -0.25) is 9.59 Å². The summed E-state index contributed by atoms with van der Waals surface area (Å²) in [5, 5.41) is 0. The van der Waals surface area contributed by atoms with Crippen LogP contribution in [-0.4, -0.2) is 42.1 Å². The number of benzene rings is 2. The molecule has 146 valence electrons. The average Bonchev–Trinajstić information content (AvgIpc) is 3.24. The van der Waals surface area contributed by atoms with E-state index < -0.39 is 23.7 Å². The topological polar surface area (TPSA) is 81.9 Å². The van der Waals surface area contributed by atoms with Crippen LogP contribution in [0.15, 0.2) is 60.7 Å². The monoisotopic (exact) mass is 380 g/mol. The molecule has 2 aromatic rings. The molecule has 4 rings (SSSR count). The number of fused-ring (bicyclic) bond motifs is 1. The summed E-state index contributed by atoms with van der Waals surface area (Å²) >= 11 is 0. The smallest absolute Gasteiger partial charge is 0.323 e. The molecule has 28 heavy (non-hydrogen) atoms. The van der Waals surface area contributed by atoms with Crippen molar-refractivity contribution in [3.8, 4) is 0 Å². The highest BCUT2D eigenvalue weighted by Crippen LogP contribution is 2.47. The molecule has 2 heterocycles. The normalized spacial score (nSPS) is 29.0. The quantitative estimate of drug-likeness (QED) is 0.634. The molecular formula is C22H24N2O4. The van der Waals surface area contributed by atoms with E-state index >= 15 is 0 Å². The highest BCUT2D eigenvalue weighted by molar-refractivity contribution is 6.06. The Kier molecular flexibility index (Phi) is 4.91. The highest BCUT2D eigenvalue weighted by Gasteiger charge is 2.66. The van der Waals surface area contributed by atoms with Crippen LogP contribution in [0, 0.1) is 5.41 Å². The first-order chi connectivity index (χ1) is 13.6. The first kappa shape index (κ1) is 18.7. The molecule has 0 saturated carbocycles. The van der Waals surface area contributed by atoms with Crippen LogP contribution in [-0.2, 0) is 25.5 Å². The second kappa shape index (κ2) is 7.37. The lowest BCUT2D eigenvalue weighted by Crippen LogP contribution is -2.54. The van der Waals surface area contributed by atoms with Crippen molar-refractivity contribution in [1.82, 2.24) is 4.90 Å². The van der Waals surface area contributed by atoms with Crippen molar-refractivity contribution >= 4 is 11.9 Å². The molecule has 2 aromatic carbocycles. The molecule has 6 nitrogen and oxygen atoms in total. The molecule has 1 unspecified atom stereocenters. The van der Waals surface area contributed by atoms with E-state index in [1.807, 2.05) is 60.7 Å². The van der Waals surface area contributed by atoms with E-state index in [1.54, 1.807) is 11.8 Å². The first-order valence-corrected chi connectivity index (χ1v) is 9.55. The van der Waals surface area contributed by atoms with Gasteiger partial charge in [-0.2, -0.15) is 0 Å². The lowest BCUT2D eigenvalue weighted by atomic mass is 9.75. The second-order valence-corrected chi connectivity index (χ2v) is 7.26. The number of hydrogen-bond acceptors (Lipinski definition) is 5. The third kappa shape index (κ3) is 2.80. The van der Waals surface area contributed by atoms with Gasteiger partial charge in [0.1, 0.15) is 0 Å². The molecule has 2 aliphatic rings. The zero-order valence-electron chi connectivity index (χ0n) is 15.8. The third-order valence-electron chi connectivity index (χ3n) is 5.68. The van der Waals surface area contributed by atoms with E-state index in [4.69, 9.17) is 15.2 Å². The Bertz CT molecular complexity index is 857. The Balaban J connectivity index is 1.75. The molecule has 2 saturated heterocycles. The van der Waals surface area contributed by atoms with Crippen LogP contribution in [0.25, 0.3) is 0 Å². The Morgan fingerprint density at radius 1 is 1.18 bits per heavy atom. The van der Waals surface area contributed by atoms with Gasteiger partial charge in [0.15, 0.2) is 11.6 Å². The summed E-state index contributed by atoms with van der Waals surface area (Å²) in [6.45, 7) is 2.22. The Hall–Kier alpha value is -2.70. The SMILES string of the molecule is CCOC(=O)C1(Cc2ccccc2)C(=O)N2[C@@H](c3ccccc3)OC[C@@H]2[C@H]1N. The number of amides is 1. The fourth-order valence-electron chi connectivity index (χ4n) is 4.30. The van der Waals surface area contributed by atoms with E-state index in [-0.39, 0.29) is 25.0 Å². The van der Waals surface area contributed by atoms with Gasteiger partial charge in [0.25, 0.3) is 0 Å². The van der Waals surface area contributed by atoms with Gasteiger partial charge in [-0.1, -0.05) is 60.7 Å². The predicted octanol–water partition coefficient (Wildman–Crippen LogP) is 2.05. The number of carbonyl (C=O) groups is 2. The van der Waals surface area contributed by atoms with Gasteiger partial charge in [-0.05, 0) is 18.9 Å². The summed E-state index contributed by atoms with van der Waals surface area (Å²) in [7, 11) is 0. The van der Waals surface area contributed by atoms with Crippen LogP contribution in [0.3, 0.4) is 0 Å². The number of rotatable bonds is 5. The number of esters is 1. The maximum absolute atomic E-state index is 13.7. The second-order valence-electron chi connectivity index (χ2n) is 7.26. The lowest BCUT2D eigenvalue weighted by molar-refractivity contribution is -0.164. The Morgan fingerprint density at radius 2 is 1.82 bits per heavy atom. The molecule has 6 heteroatoms. The minimum Gasteiger partial charge on any atom is -0.465 e. The van der Waals surface area contributed by atoms with Crippen LogP contribution in [0.1, 0.15) is 24.3 Å². The van der Waals surface area contributed by atoms with Gasteiger partial charge in [0.05, 0.1) is 25.3 Å². The van der Waals surface area contributed by atoms with E-state index in [0.29, 0.717) is 6.61 Å². The van der Waals surface area contributed by atoms with Crippen molar-refractivity contribution in [2.24, 2.45) is 11.1 Å². The van der Waals surface area contributed by atoms with Crippen molar-refractivity contribution in [1.29, 1.82) is 0 Å². The standard InChI is InChI=1S/C22H24N2O4/c1-2-27-21(26)22(13-15-9-5-3-6-10-15)18(23)17-14-28-19(24(17)20(22)25)16-11-7-4-8-12-16/h3-12,17-19H,2,13-14,23H2,1H3/t17-,18-,19-,22?/m1/s1. The molecule has 2 aliphatic heterocycles. The number of nitrogens with zero attached hydrogens (tertiary/aromatic N) is 1. The fraction of sp³-hybridized carbons (Fsp3) is 0.364. The van der Waals surface area contributed by atoms with Crippen LogP contribution < -0.4 is 5.73 Å². The highest BCUT2D eigenvalue weighted by atomic mass is 16.5. The molecule has 4 atom stereocenters. The molecule has 0 aliphatic carbocycles. The number of nitrogens with two attached hydrogens (primary N) is 1. The summed E-state index contributed by atoms with van der Waals surface area (Å²) in [5.41, 5.74) is 6.86. The van der Waals surface area contributed by atoms with Crippen LogP contribution in [0.2, 0.25) is 0 Å². The minimum atomic E-state index is -1.45. The summed E-state index contributed by atoms with van der Waals surface area (Å²) in [6, 6.07) is 17.9. The van der Waals surface area contributed by atoms with E-state index in [9.17, 15) is 9.59 Å². The Morgan fingerprint density at radius 3 is 2.46 bits per heavy atom. The molecule has 0 aromatic heterocycles. The van der Waals surface area contributed by atoms with Crippen molar-refractivity contribution in [2.45, 2.75) is 31.7 Å². The van der Waals surface area contributed by atoms with Crippen molar-refractivity contribution in [2.75, 3.05) is 13.2 Å². The average molecular weight is 380 g/mol. The maximum Gasteiger partial charge on any atom is 0.323 e. The summed E-state index contributed by atoms with van der Waals surface area (Å²) < 4.78 is 11.2. The largest absolute Gasteiger partial charge is 0.465 e. The fourth-order valence-corrected chi connectivity index (χ4v) is 4.30. The van der Waals surface area contributed by atoms with Crippen molar-refractivity contribution in [3.05, 3.63) is 71.8 Å². The molecule has 0 radical (unpaired) electrons. The number of ether oxygens (including phenoxy) is 2. The number of hydrogen-bond donors (Lipinski definition) is 1. The lowest BCUT2D eigenvalue weighted by Gasteiger charge is -2.30. The van der Waals surface area contributed by atoms with Crippen molar-refractivity contribution < 1.29 is 19.1 Å². The molecule has 0 bridgehead atoms. The molecular weight excluding hydrogens is 356 g/mol. The van der Waals surface area contributed by atoms with Crippen molar-refractivity contribution in [3.63, 3.8) is 0 Å². The Labute approximate surface area is 164 Å². The van der Waals surface area contributed by atoms with Crippen LogP contribution in [0.5, 0.6) is 0 Å². The van der Waals surface area contributed by atoms with Gasteiger partial charge in [0.2, 0.25) is 5.91 Å². The van der Waals surface area contributed by atoms with Crippen LogP contribution >= 0.6 is 0 Å². The maximum atomic E-state index is 13.7. The summed E-state index contributed by atoms with van der Waals surface area (Å²) in [6.07, 6.45) is -0.335. The van der Waals surface area contributed by atoms with Crippen LogP contribution in [0.4, 0.5) is 0 Å². The van der Waals surface area contributed by atoms with E-state index in [1.165, 1.54) is 0 Å². The van der Waals surface area contributed by atoms with Gasteiger partial charge in [0, 0.05) is 5.56 Å².